The molecule has 0 radical (unpaired) electrons. The number of carbonyl (C=O) groups excluding carboxylic acids is 2. The predicted octanol–water partition coefficient (Wildman–Crippen LogP) is 2.83. The summed E-state index contributed by atoms with van der Waals surface area (Å²) in [6.45, 7) is 4.81. The summed E-state index contributed by atoms with van der Waals surface area (Å²) in [4.78, 5) is 23.2. The quantitative estimate of drug-likeness (QED) is 0.475. The molecule has 0 aliphatic rings. The van der Waals surface area contributed by atoms with E-state index in [1.807, 2.05) is 0 Å². The fourth-order valence-electron chi connectivity index (χ4n) is 1.99. The molecule has 0 aliphatic heterocycles. The zero-order valence-electron chi connectivity index (χ0n) is 14.6. The van der Waals surface area contributed by atoms with Crippen molar-refractivity contribution < 1.29 is 19.1 Å². The molecule has 0 bridgehead atoms. The van der Waals surface area contributed by atoms with Crippen LogP contribution in [0.3, 0.4) is 0 Å². The fourth-order valence-corrected chi connectivity index (χ4v) is 2.14. The number of amides is 2. The number of carbonyl (C=O) groups is 2. The van der Waals surface area contributed by atoms with Gasteiger partial charge in [-0.15, -0.1) is 23.2 Å². The van der Waals surface area contributed by atoms with E-state index in [-0.39, 0.29) is 11.8 Å². The number of rotatable bonds is 10. The van der Waals surface area contributed by atoms with Crippen LogP contribution in [0.15, 0.2) is 18.2 Å². The van der Waals surface area contributed by atoms with Crippen molar-refractivity contribution in [2.45, 2.75) is 26.4 Å². The van der Waals surface area contributed by atoms with Crippen LogP contribution in [-0.2, 0) is 9.59 Å². The highest BCUT2D eigenvalue weighted by molar-refractivity contribution is 6.27. The van der Waals surface area contributed by atoms with Gasteiger partial charge in [0.1, 0.15) is 17.9 Å². The van der Waals surface area contributed by atoms with E-state index in [4.69, 9.17) is 32.7 Å². The molecular formula is C17H24Cl2N2O4. The monoisotopic (exact) mass is 390 g/mol. The Labute approximate surface area is 158 Å². The zero-order chi connectivity index (χ0) is 18.8. The minimum atomic E-state index is -0.767. The van der Waals surface area contributed by atoms with Crippen LogP contribution in [0.4, 0.5) is 0 Å². The molecule has 1 aromatic rings. The van der Waals surface area contributed by atoms with E-state index >= 15 is 0 Å². The van der Waals surface area contributed by atoms with Gasteiger partial charge in [-0.25, -0.2) is 0 Å². The van der Waals surface area contributed by atoms with Gasteiger partial charge in [-0.05, 0) is 30.0 Å². The molecule has 0 heterocycles. The van der Waals surface area contributed by atoms with Crippen molar-refractivity contribution in [3.8, 4) is 11.5 Å². The summed E-state index contributed by atoms with van der Waals surface area (Å²) in [5, 5.41) is 5.24. The number of hydrogen-bond donors (Lipinski definition) is 2. The Morgan fingerprint density at radius 1 is 1.08 bits per heavy atom. The summed E-state index contributed by atoms with van der Waals surface area (Å²) in [7, 11) is 1.53. The molecule has 0 aliphatic carbocycles. The summed E-state index contributed by atoms with van der Waals surface area (Å²) >= 11 is 11.0. The van der Waals surface area contributed by atoms with Crippen molar-refractivity contribution in [3.05, 3.63) is 23.8 Å². The first kappa shape index (κ1) is 21.4. The Balaban J connectivity index is 2.97. The Kier molecular flexibility index (Phi) is 9.45. The maximum absolute atomic E-state index is 11.6. The molecule has 8 heteroatoms. The highest BCUT2D eigenvalue weighted by atomic mass is 35.5. The lowest BCUT2D eigenvalue weighted by molar-refractivity contribution is -0.122. The van der Waals surface area contributed by atoms with E-state index in [9.17, 15) is 9.59 Å². The van der Waals surface area contributed by atoms with Gasteiger partial charge in [0, 0.05) is 0 Å². The van der Waals surface area contributed by atoms with Gasteiger partial charge in [-0.2, -0.15) is 0 Å². The first-order valence-corrected chi connectivity index (χ1v) is 8.99. The average molecular weight is 391 g/mol. The molecule has 0 atom stereocenters. The second-order valence-corrected chi connectivity index (χ2v) is 6.31. The molecule has 0 fully saturated rings. The SMILES string of the molecule is COc1cc(C(NC(=O)CCl)NC(=O)CCl)ccc1OCCC(C)C. The van der Waals surface area contributed by atoms with Crippen LogP contribution in [0.5, 0.6) is 11.5 Å². The largest absolute Gasteiger partial charge is 0.493 e. The minimum Gasteiger partial charge on any atom is -0.493 e. The van der Waals surface area contributed by atoms with Crippen LogP contribution < -0.4 is 20.1 Å². The van der Waals surface area contributed by atoms with Gasteiger partial charge >= 0.3 is 0 Å². The van der Waals surface area contributed by atoms with E-state index in [1.165, 1.54) is 7.11 Å². The van der Waals surface area contributed by atoms with Gasteiger partial charge in [-0.3, -0.25) is 9.59 Å². The average Bonchev–Trinajstić information content (AvgIpc) is 2.60. The van der Waals surface area contributed by atoms with Crippen molar-refractivity contribution in [2.75, 3.05) is 25.5 Å². The van der Waals surface area contributed by atoms with Gasteiger partial charge < -0.3 is 20.1 Å². The first-order valence-electron chi connectivity index (χ1n) is 7.92. The lowest BCUT2D eigenvalue weighted by Gasteiger charge is -2.21. The third-order valence-electron chi connectivity index (χ3n) is 3.33. The van der Waals surface area contributed by atoms with Crippen LogP contribution in [0.25, 0.3) is 0 Å². The van der Waals surface area contributed by atoms with Crippen LogP contribution in [0, 0.1) is 5.92 Å². The number of alkyl halides is 2. The number of ether oxygens (including phenoxy) is 2. The van der Waals surface area contributed by atoms with E-state index in [1.54, 1.807) is 18.2 Å². The first-order chi connectivity index (χ1) is 11.9. The maximum Gasteiger partial charge on any atom is 0.236 e. The summed E-state index contributed by atoms with van der Waals surface area (Å²) in [5.41, 5.74) is 0.616. The molecule has 2 N–H and O–H groups in total. The van der Waals surface area contributed by atoms with Crippen LogP contribution in [-0.4, -0.2) is 37.3 Å². The van der Waals surface area contributed by atoms with E-state index < -0.39 is 18.0 Å². The number of benzene rings is 1. The summed E-state index contributed by atoms with van der Waals surface area (Å²) in [5.74, 6) is 0.355. The molecule has 0 aromatic heterocycles. The molecule has 0 saturated heterocycles. The standard InChI is InChI=1S/C17H24Cl2N2O4/c1-11(2)6-7-25-13-5-4-12(8-14(13)24-3)17(20-15(22)9-18)21-16(23)10-19/h4-5,8,11,17H,6-7,9-10H2,1-3H3,(H,20,22)(H,21,23). The lowest BCUT2D eigenvalue weighted by atomic mass is 10.1. The number of hydrogen-bond acceptors (Lipinski definition) is 4. The van der Waals surface area contributed by atoms with E-state index in [0.717, 1.165) is 6.42 Å². The van der Waals surface area contributed by atoms with Crippen LogP contribution in [0.1, 0.15) is 32.0 Å². The highest BCUT2D eigenvalue weighted by Gasteiger charge is 2.18. The highest BCUT2D eigenvalue weighted by Crippen LogP contribution is 2.30. The second-order valence-electron chi connectivity index (χ2n) is 5.78. The van der Waals surface area contributed by atoms with Crippen molar-refractivity contribution in [2.24, 2.45) is 5.92 Å². The molecule has 6 nitrogen and oxygen atoms in total. The van der Waals surface area contributed by atoms with E-state index in [0.29, 0.717) is 29.6 Å². The molecule has 1 rings (SSSR count). The molecular weight excluding hydrogens is 367 g/mol. The minimum absolute atomic E-state index is 0.221. The summed E-state index contributed by atoms with van der Waals surface area (Å²) in [6.07, 6.45) is 0.154. The predicted molar refractivity (Wildman–Crippen MR) is 98.4 cm³/mol. The topological polar surface area (TPSA) is 76.7 Å². The second kappa shape index (κ2) is 11.1. The Bertz CT molecular complexity index is 564. The van der Waals surface area contributed by atoms with Gasteiger partial charge in [0.2, 0.25) is 11.8 Å². The van der Waals surface area contributed by atoms with Gasteiger partial charge in [0.25, 0.3) is 0 Å². The van der Waals surface area contributed by atoms with Crippen molar-refractivity contribution in [1.29, 1.82) is 0 Å². The number of methoxy groups -OCH3 is 1. The molecule has 0 saturated carbocycles. The van der Waals surface area contributed by atoms with Crippen molar-refractivity contribution in [1.82, 2.24) is 10.6 Å². The molecule has 1 aromatic carbocycles. The Morgan fingerprint density at radius 3 is 2.16 bits per heavy atom. The fraction of sp³-hybridized carbons (Fsp3) is 0.529. The van der Waals surface area contributed by atoms with E-state index in [2.05, 4.69) is 24.5 Å². The summed E-state index contributed by atoms with van der Waals surface area (Å²) in [6, 6.07) is 5.17. The van der Waals surface area contributed by atoms with Crippen molar-refractivity contribution >= 4 is 35.0 Å². The third kappa shape index (κ3) is 7.40. The Morgan fingerprint density at radius 2 is 1.68 bits per heavy atom. The summed E-state index contributed by atoms with van der Waals surface area (Å²) < 4.78 is 11.1. The lowest BCUT2D eigenvalue weighted by Crippen LogP contribution is -2.42. The Hall–Kier alpha value is -1.66. The van der Waals surface area contributed by atoms with Gasteiger partial charge in [0.05, 0.1) is 13.7 Å². The smallest absolute Gasteiger partial charge is 0.236 e. The number of halogens is 2. The molecule has 140 valence electrons. The van der Waals surface area contributed by atoms with Gasteiger partial charge in [-0.1, -0.05) is 19.9 Å². The van der Waals surface area contributed by atoms with Crippen LogP contribution in [0.2, 0.25) is 0 Å². The third-order valence-corrected chi connectivity index (χ3v) is 3.81. The molecule has 2 amide bonds. The molecule has 0 spiro atoms. The van der Waals surface area contributed by atoms with Gasteiger partial charge in [0.15, 0.2) is 11.5 Å². The van der Waals surface area contributed by atoms with Crippen molar-refractivity contribution in [3.63, 3.8) is 0 Å². The molecule has 25 heavy (non-hydrogen) atoms. The van der Waals surface area contributed by atoms with Crippen LogP contribution >= 0.6 is 23.2 Å². The molecule has 0 unspecified atom stereocenters. The maximum atomic E-state index is 11.6. The zero-order valence-corrected chi connectivity index (χ0v) is 16.1. The number of nitrogens with one attached hydrogen (secondary N) is 2. The normalized spacial score (nSPS) is 10.7.